The Hall–Kier alpha value is -1.31. The Bertz CT molecular complexity index is 288. The fourth-order valence-corrected chi connectivity index (χ4v) is 1.26. The molecule has 76 valence electrons. The molecule has 0 spiro atoms. The van der Waals surface area contributed by atoms with Crippen molar-refractivity contribution >= 4 is 5.84 Å². The number of rotatable bonds is 4. The van der Waals surface area contributed by atoms with Gasteiger partial charge in [-0.05, 0) is 11.5 Å². The van der Waals surface area contributed by atoms with Gasteiger partial charge in [-0.2, -0.15) is 0 Å². The number of hydrogen-bond donors (Lipinski definition) is 1. The summed E-state index contributed by atoms with van der Waals surface area (Å²) in [4.78, 5) is 4.33. The van der Waals surface area contributed by atoms with Crippen LogP contribution >= 0.6 is 0 Å². The molecule has 2 N–H and O–H groups in total. The highest BCUT2D eigenvalue weighted by Gasteiger charge is 1.97. The van der Waals surface area contributed by atoms with E-state index in [0.717, 1.165) is 12.3 Å². The van der Waals surface area contributed by atoms with E-state index in [1.807, 2.05) is 18.2 Å². The number of hydrogen-bond acceptors (Lipinski definition) is 1. The van der Waals surface area contributed by atoms with Gasteiger partial charge in [-0.25, -0.2) is 0 Å². The molecule has 14 heavy (non-hydrogen) atoms. The molecular weight excluding hydrogens is 172 g/mol. The van der Waals surface area contributed by atoms with Crippen LogP contribution in [0.25, 0.3) is 0 Å². The summed E-state index contributed by atoms with van der Waals surface area (Å²) in [7, 11) is 0. The van der Waals surface area contributed by atoms with Crippen molar-refractivity contribution in [3.05, 3.63) is 35.9 Å². The monoisotopic (exact) mass is 190 g/mol. The standard InChI is InChI=1S/C12H18N2/c1-10(2)8-12(13)14-9-11-6-4-3-5-7-11/h3-7,10H,8-9H2,1-2H3,(H2,13,14). The number of amidine groups is 1. The van der Waals surface area contributed by atoms with E-state index < -0.39 is 0 Å². The van der Waals surface area contributed by atoms with Gasteiger partial charge in [0.15, 0.2) is 0 Å². The zero-order chi connectivity index (χ0) is 10.4. The minimum Gasteiger partial charge on any atom is -0.387 e. The van der Waals surface area contributed by atoms with E-state index in [0.29, 0.717) is 12.5 Å². The Morgan fingerprint density at radius 2 is 1.93 bits per heavy atom. The molecule has 0 amide bonds. The van der Waals surface area contributed by atoms with E-state index >= 15 is 0 Å². The molecule has 0 unspecified atom stereocenters. The lowest BCUT2D eigenvalue weighted by Gasteiger charge is -2.03. The van der Waals surface area contributed by atoms with Gasteiger partial charge in [-0.15, -0.1) is 0 Å². The van der Waals surface area contributed by atoms with Crippen LogP contribution in [0.15, 0.2) is 35.3 Å². The van der Waals surface area contributed by atoms with E-state index in [2.05, 4.69) is 31.0 Å². The second kappa shape index (κ2) is 5.43. The van der Waals surface area contributed by atoms with E-state index in [-0.39, 0.29) is 0 Å². The predicted octanol–water partition coefficient (Wildman–Crippen LogP) is 2.59. The van der Waals surface area contributed by atoms with Crippen molar-refractivity contribution in [1.82, 2.24) is 0 Å². The maximum absolute atomic E-state index is 5.77. The molecule has 0 heterocycles. The summed E-state index contributed by atoms with van der Waals surface area (Å²) in [6.45, 7) is 4.98. The van der Waals surface area contributed by atoms with E-state index in [4.69, 9.17) is 5.73 Å². The van der Waals surface area contributed by atoms with Crippen LogP contribution < -0.4 is 5.73 Å². The van der Waals surface area contributed by atoms with Crippen LogP contribution in [-0.2, 0) is 6.54 Å². The zero-order valence-corrected chi connectivity index (χ0v) is 8.90. The number of benzene rings is 1. The van der Waals surface area contributed by atoms with Crippen molar-refractivity contribution < 1.29 is 0 Å². The van der Waals surface area contributed by atoms with Crippen LogP contribution in [0.1, 0.15) is 25.8 Å². The maximum Gasteiger partial charge on any atom is 0.0943 e. The predicted molar refractivity (Wildman–Crippen MR) is 61.2 cm³/mol. The molecule has 0 aliphatic heterocycles. The van der Waals surface area contributed by atoms with Gasteiger partial charge in [0.25, 0.3) is 0 Å². The van der Waals surface area contributed by atoms with E-state index in [1.165, 1.54) is 5.56 Å². The number of nitrogens with two attached hydrogens (primary N) is 1. The molecule has 2 nitrogen and oxygen atoms in total. The van der Waals surface area contributed by atoms with Gasteiger partial charge in [0, 0.05) is 6.42 Å². The largest absolute Gasteiger partial charge is 0.387 e. The lowest BCUT2D eigenvalue weighted by Crippen LogP contribution is -2.14. The van der Waals surface area contributed by atoms with Crippen LogP contribution in [0.5, 0.6) is 0 Å². The fraction of sp³-hybridized carbons (Fsp3) is 0.417. The van der Waals surface area contributed by atoms with Crippen LogP contribution in [0, 0.1) is 5.92 Å². The number of nitrogens with zero attached hydrogens (tertiary/aromatic N) is 1. The normalized spacial score (nSPS) is 12.1. The van der Waals surface area contributed by atoms with Crippen LogP contribution in [-0.4, -0.2) is 5.84 Å². The molecule has 2 heteroatoms. The topological polar surface area (TPSA) is 38.4 Å². The van der Waals surface area contributed by atoms with Gasteiger partial charge < -0.3 is 5.73 Å². The Morgan fingerprint density at radius 1 is 1.29 bits per heavy atom. The third-order valence-corrected chi connectivity index (χ3v) is 1.92. The van der Waals surface area contributed by atoms with Gasteiger partial charge in [0.05, 0.1) is 12.4 Å². The SMILES string of the molecule is CC(C)CC(N)=NCc1ccccc1. The maximum atomic E-state index is 5.77. The smallest absolute Gasteiger partial charge is 0.0943 e. The highest BCUT2D eigenvalue weighted by Crippen LogP contribution is 2.03. The second-order valence-electron chi connectivity index (χ2n) is 3.89. The first-order valence-electron chi connectivity index (χ1n) is 5.01. The summed E-state index contributed by atoms with van der Waals surface area (Å²) in [6.07, 6.45) is 0.882. The Kier molecular flexibility index (Phi) is 4.17. The molecule has 1 aromatic rings. The van der Waals surface area contributed by atoms with Gasteiger partial charge in [0.1, 0.15) is 0 Å². The zero-order valence-electron chi connectivity index (χ0n) is 8.90. The fourth-order valence-electron chi connectivity index (χ4n) is 1.26. The lowest BCUT2D eigenvalue weighted by molar-refractivity contribution is 0.678. The van der Waals surface area contributed by atoms with Crippen LogP contribution in [0.4, 0.5) is 0 Å². The molecule has 0 aliphatic rings. The number of aliphatic imine (C=N–C) groups is 1. The molecule has 1 rings (SSSR count). The summed E-state index contributed by atoms with van der Waals surface area (Å²) < 4.78 is 0. The molecule has 0 aromatic heterocycles. The first-order chi connectivity index (χ1) is 6.68. The van der Waals surface area contributed by atoms with Gasteiger partial charge in [-0.3, -0.25) is 4.99 Å². The summed E-state index contributed by atoms with van der Waals surface area (Å²) in [5, 5.41) is 0. The minimum atomic E-state index is 0.578. The molecule has 0 aliphatic carbocycles. The first kappa shape index (κ1) is 10.8. The third kappa shape index (κ3) is 4.08. The van der Waals surface area contributed by atoms with Crippen molar-refractivity contribution in [3.63, 3.8) is 0 Å². The molecule has 1 aromatic carbocycles. The average Bonchev–Trinajstić information content (AvgIpc) is 2.15. The quantitative estimate of drug-likeness (QED) is 0.575. The van der Waals surface area contributed by atoms with Crippen molar-refractivity contribution in [2.75, 3.05) is 0 Å². The van der Waals surface area contributed by atoms with Crippen LogP contribution in [0.2, 0.25) is 0 Å². The summed E-state index contributed by atoms with van der Waals surface area (Å²) in [5.74, 6) is 1.33. The average molecular weight is 190 g/mol. The summed E-state index contributed by atoms with van der Waals surface area (Å²) >= 11 is 0. The van der Waals surface area contributed by atoms with Crippen molar-refractivity contribution in [3.8, 4) is 0 Å². The molecule has 0 atom stereocenters. The first-order valence-corrected chi connectivity index (χ1v) is 5.01. The van der Waals surface area contributed by atoms with Crippen LogP contribution in [0.3, 0.4) is 0 Å². The molecule has 0 bridgehead atoms. The van der Waals surface area contributed by atoms with E-state index in [9.17, 15) is 0 Å². The van der Waals surface area contributed by atoms with Crippen molar-refractivity contribution in [1.29, 1.82) is 0 Å². The van der Waals surface area contributed by atoms with Gasteiger partial charge in [0.2, 0.25) is 0 Å². The summed E-state index contributed by atoms with van der Waals surface area (Å²) in [5.41, 5.74) is 6.98. The molecular formula is C12H18N2. The Labute approximate surface area is 85.9 Å². The minimum absolute atomic E-state index is 0.578. The molecule has 0 radical (unpaired) electrons. The highest BCUT2D eigenvalue weighted by atomic mass is 14.8. The van der Waals surface area contributed by atoms with Crippen molar-refractivity contribution in [2.45, 2.75) is 26.8 Å². The molecule has 0 fully saturated rings. The van der Waals surface area contributed by atoms with Gasteiger partial charge >= 0.3 is 0 Å². The molecule has 0 saturated heterocycles. The van der Waals surface area contributed by atoms with E-state index in [1.54, 1.807) is 0 Å². The highest BCUT2D eigenvalue weighted by molar-refractivity contribution is 5.80. The summed E-state index contributed by atoms with van der Waals surface area (Å²) in [6, 6.07) is 10.2. The Morgan fingerprint density at radius 3 is 2.50 bits per heavy atom. The third-order valence-electron chi connectivity index (χ3n) is 1.92. The lowest BCUT2D eigenvalue weighted by atomic mass is 10.1. The van der Waals surface area contributed by atoms with Gasteiger partial charge in [-0.1, -0.05) is 44.2 Å². The van der Waals surface area contributed by atoms with Crippen molar-refractivity contribution in [2.24, 2.45) is 16.6 Å². The Balaban J connectivity index is 2.47. The molecule has 0 saturated carbocycles. The second-order valence-corrected chi connectivity index (χ2v) is 3.89.